The van der Waals surface area contributed by atoms with E-state index in [1.165, 1.54) is 16.3 Å². The Morgan fingerprint density at radius 2 is 1.74 bits per heavy atom. The minimum atomic E-state index is -0.499. The second kappa shape index (κ2) is 7.58. The maximum absolute atomic E-state index is 10.7. The lowest BCUT2D eigenvalue weighted by Gasteiger charge is -2.14. The SMILES string of the molecule is Cc1ccc2c(c1)c1cc(Br)ccc1n2CC(O)CSc1cccc(O)c1. The highest BCUT2D eigenvalue weighted by atomic mass is 79.9. The van der Waals surface area contributed by atoms with Crippen molar-refractivity contribution in [1.82, 2.24) is 4.57 Å². The van der Waals surface area contributed by atoms with E-state index >= 15 is 0 Å². The summed E-state index contributed by atoms with van der Waals surface area (Å²) in [5, 5.41) is 22.6. The normalized spacial score (nSPS) is 12.7. The zero-order valence-electron chi connectivity index (χ0n) is 14.9. The molecule has 5 heteroatoms. The predicted molar refractivity (Wildman–Crippen MR) is 117 cm³/mol. The van der Waals surface area contributed by atoms with Crippen molar-refractivity contribution in [2.45, 2.75) is 24.5 Å². The molecule has 0 aliphatic rings. The standard InChI is InChI=1S/C22H20BrNO2S/c1-14-5-7-21-19(9-14)20-10-15(23)6-8-22(20)24(21)12-17(26)13-27-18-4-2-3-16(25)11-18/h2-11,17,25-26H,12-13H2,1H3. The molecule has 2 N–H and O–H groups in total. The maximum Gasteiger partial charge on any atom is 0.116 e. The molecule has 1 heterocycles. The van der Waals surface area contributed by atoms with Gasteiger partial charge in [0.25, 0.3) is 0 Å². The summed E-state index contributed by atoms with van der Waals surface area (Å²) in [6.45, 7) is 2.62. The Morgan fingerprint density at radius 1 is 1.00 bits per heavy atom. The number of aromatic hydroxyl groups is 1. The van der Waals surface area contributed by atoms with Crippen LogP contribution in [0.3, 0.4) is 0 Å². The number of aryl methyl sites for hydroxylation is 1. The van der Waals surface area contributed by atoms with Crippen LogP contribution in [0.4, 0.5) is 0 Å². The van der Waals surface area contributed by atoms with Gasteiger partial charge in [-0.2, -0.15) is 0 Å². The molecule has 0 aliphatic carbocycles. The number of rotatable bonds is 5. The maximum atomic E-state index is 10.7. The van der Waals surface area contributed by atoms with Gasteiger partial charge in [0.05, 0.1) is 6.10 Å². The van der Waals surface area contributed by atoms with Crippen LogP contribution in [0.2, 0.25) is 0 Å². The Labute approximate surface area is 170 Å². The Kier molecular flexibility index (Phi) is 5.17. The first-order valence-corrected chi connectivity index (χ1v) is 10.6. The van der Waals surface area contributed by atoms with Gasteiger partial charge in [-0.25, -0.2) is 0 Å². The highest BCUT2D eigenvalue weighted by Crippen LogP contribution is 2.32. The van der Waals surface area contributed by atoms with Crippen molar-refractivity contribution in [1.29, 1.82) is 0 Å². The third kappa shape index (κ3) is 3.86. The van der Waals surface area contributed by atoms with Gasteiger partial charge in [-0.1, -0.05) is 33.6 Å². The Morgan fingerprint density at radius 3 is 2.52 bits per heavy atom. The molecule has 1 atom stereocenters. The molecular weight excluding hydrogens is 422 g/mol. The summed E-state index contributed by atoms with van der Waals surface area (Å²) in [6.07, 6.45) is -0.499. The van der Waals surface area contributed by atoms with Gasteiger partial charge >= 0.3 is 0 Å². The average molecular weight is 442 g/mol. The first kappa shape index (κ1) is 18.4. The van der Waals surface area contributed by atoms with Gasteiger partial charge in [0.15, 0.2) is 0 Å². The van der Waals surface area contributed by atoms with E-state index in [9.17, 15) is 10.2 Å². The summed E-state index contributed by atoms with van der Waals surface area (Å²) in [6, 6.07) is 19.9. The number of aliphatic hydroxyl groups excluding tert-OH is 1. The molecule has 0 bridgehead atoms. The van der Waals surface area contributed by atoms with Crippen LogP contribution in [-0.4, -0.2) is 26.6 Å². The summed E-state index contributed by atoms with van der Waals surface area (Å²) in [4.78, 5) is 0.954. The van der Waals surface area contributed by atoms with Crippen molar-refractivity contribution in [2.24, 2.45) is 0 Å². The van der Waals surface area contributed by atoms with E-state index in [2.05, 4.69) is 57.8 Å². The van der Waals surface area contributed by atoms with Crippen molar-refractivity contribution in [3.8, 4) is 5.75 Å². The van der Waals surface area contributed by atoms with Crippen molar-refractivity contribution >= 4 is 49.5 Å². The van der Waals surface area contributed by atoms with E-state index in [0.717, 1.165) is 20.4 Å². The summed E-state index contributed by atoms with van der Waals surface area (Å²) in [5.74, 6) is 0.811. The molecule has 0 saturated heterocycles. The minimum absolute atomic E-state index is 0.248. The van der Waals surface area contributed by atoms with Gasteiger partial charge in [0.2, 0.25) is 0 Å². The smallest absolute Gasteiger partial charge is 0.116 e. The van der Waals surface area contributed by atoms with E-state index < -0.39 is 6.10 Å². The van der Waals surface area contributed by atoms with Crippen LogP contribution >= 0.6 is 27.7 Å². The number of fused-ring (bicyclic) bond motifs is 3. The largest absolute Gasteiger partial charge is 0.508 e. The second-order valence-electron chi connectivity index (χ2n) is 6.75. The molecule has 1 unspecified atom stereocenters. The van der Waals surface area contributed by atoms with Gasteiger partial charge in [-0.3, -0.25) is 0 Å². The molecule has 3 nitrogen and oxygen atoms in total. The van der Waals surface area contributed by atoms with Crippen molar-refractivity contribution in [3.63, 3.8) is 0 Å². The fourth-order valence-electron chi connectivity index (χ4n) is 3.42. The number of thioether (sulfide) groups is 1. The zero-order chi connectivity index (χ0) is 19.0. The van der Waals surface area contributed by atoms with Crippen molar-refractivity contribution < 1.29 is 10.2 Å². The van der Waals surface area contributed by atoms with Crippen LogP contribution in [-0.2, 0) is 6.54 Å². The number of hydrogen-bond donors (Lipinski definition) is 2. The fraction of sp³-hybridized carbons (Fsp3) is 0.182. The van der Waals surface area contributed by atoms with E-state index in [-0.39, 0.29) is 5.75 Å². The number of benzene rings is 3. The van der Waals surface area contributed by atoms with Crippen LogP contribution in [0.15, 0.2) is 70.0 Å². The number of nitrogens with zero attached hydrogens (tertiary/aromatic N) is 1. The number of halogens is 1. The van der Waals surface area contributed by atoms with Crippen LogP contribution in [0.5, 0.6) is 5.75 Å². The van der Waals surface area contributed by atoms with Crippen LogP contribution in [0.1, 0.15) is 5.56 Å². The zero-order valence-corrected chi connectivity index (χ0v) is 17.3. The van der Waals surface area contributed by atoms with Crippen LogP contribution in [0.25, 0.3) is 21.8 Å². The van der Waals surface area contributed by atoms with E-state index in [1.807, 2.05) is 18.2 Å². The average Bonchev–Trinajstić information content (AvgIpc) is 2.92. The topological polar surface area (TPSA) is 45.4 Å². The van der Waals surface area contributed by atoms with Gasteiger partial charge < -0.3 is 14.8 Å². The molecule has 0 aliphatic heterocycles. The third-order valence-corrected chi connectivity index (χ3v) is 6.27. The lowest BCUT2D eigenvalue weighted by atomic mass is 10.1. The molecule has 4 aromatic rings. The molecule has 4 rings (SSSR count). The summed E-state index contributed by atoms with van der Waals surface area (Å²) >= 11 is 5.12. The lowest BCUT2D eigenvalue weighted by Crippen LogP contribution is -2.18. The minimum Gasteiger partial charge on any atom is -0.508 e. The monoisotopic (exact) mass is 441 g/mol. The first-order valence-electron chi connectivity index (χ1n) is 8.79. The summed E-state index contributed by atoms with van der Waals surface area (Å²) < 4.78 is 3.25. The van der Waals surface area contributed by atoms with Crippen LogP contribution < -0.4 is 0 Å². The van der Waals surface area contributed by atoms with E-state index in [1.54, 1.807) is 23.9 Å². The number of aromatic nitrogens is 1. The Balaban J connectivity index is 1.64. The number of aliphatic hydroxyl groups is 1. The highest BCUT2D eigenvalue weighted by molar-refractivity contribution is 9.10. The molecule has 0 radical (unpaired) electrons. The molecule has 0 amide bonds. The summed E-state index contributed by atoms with van der Waals surface area (Å²) in [7, 11) is 0. The lowest BCUT2D eigenvalue weighted by molar-refractivity contribution is 0.181. The number of hydrogen-bond acceptors (Lipinski definition) is 3. The Bertz CT molecular complexity index is 1060. The van der Waals surface area contributed by atoms with Crippen LogP contribution in [0, 0.1) is 6.92 Å². The molecule has 1 aromatic heterocycles. The molecule has 0 spiro atoms. The number of phenols is 1. The first-order chi connectivity index (χ1) is 13.0. The third-order valence-electron chi connectivity index (χ3n) is 4.64. The predicted octanol–water partition coefficient (Wildman–Crippen LogP) is 5.72. The van der Waals surface area contributed by atoms with Crippen molar-refractivity contribution in [3.05, 3.63) is 70.7 Å². The van der Waals surface area contributed by atoms with E-state index in [4.69, 9.17) is 0 Å². The van der Waals surface area contributed by atoms with Crippen molar-refractivity contribution in [2.75, 3.05) is 5.75 Å². The Hall–Kier alpha value is -1.95. The molecule has 0 fully saturated rings. The quantitative estimate of drug-likeness (QED) is 0.389. The van der Waals surface area contributed by atoms with Gasteiger partial charge in [-0.05, 0) is 55.5 Å². The van der Waals surface area contributed by atoms with Gasteiger partial charge in [0.1, 0.15) is 5.75 Å². The fourth-order valence-corrected chi connectivity index (χ4v) is 4.65. The van der Waals surface area contributed by atoms with Gasteiger partial charge in [0, 0.05) is 43.5 Å². The van der Waals surface area contributed by atoms with E-state index in [0.29, 0.717) is 12.3 Å². The second-order valence-corrected chi connectivity index (χ2v) is 8.76. The summed E-state index contributed by atoms with van der Waals surface area (Å²) in [5.41, 5.74) is 3.48. The highest BCUT2D eigenvalue weighted by Gasteiger charge is 2.15. The molecular formula is C22H20BrNO2S. The number of phenolic OH excluding ortho intramolecular Hbond substituents is 1. The molecule has 138 valence electrons. The van der Waals surface area contributed by atoms with Gasteiger partial charge in [-0.15, -0.1) is 11.8 Å². The molecule has 3 aromatic carbocycles. The molecule has 27 heavy (non-hydrogen) atoms. The molecule has 0 saturated carbocycles.